The number of hydrogen-bond donors (Lipinski definition) is 1. The van der Waals surface area contributed by atoms with Crippen molar-refractivity contribution in [2.45, 2.75) is 62.6 Å². The van der Waals surface area contributed by atoms with Crippen molar-refractivity contribution in [1.29, 1.82) is 0 Å². The van der Waals surface area contributed by atoms with Crippen LogP contribution in [0, 0.1) is 0 Å². The van der Waals surface area contributed by atoms with E-state index in [0.717, 1.165) is 6.42 Å². The molecule has 0 radical (unpaired) electrons. The molecule has 3 atom stereocenters. The second-order valence-corrected chi connectivity index (χ2v) is 5.43. The van der Waals surface area contributed by atoms with E-state index in [1.54, 1.807) is 0 Å². The predicted molar refractivity (Wildman–Crippen MR) is 55.6 cm³/mol. The third-order valence-electron chi connectivity index (χ3n) is 2.65. The Kier molecular flexibility index (Phi) is 4.44. The number of aliphatic hydroxyl groups excluding tert-OH is 1. The van der Waals surface area contributed by atoms with Gasteiger partial charge in [-0.25, -0.2) is 0 Å². The summed E-state index contributed by atoms with van der Waals surface area (Å²) < 4.78 is 0. The van der Waals surface area contributed by atoms with Crippen molar-refractivity contribution in [3.63, 3.8) is 0 Å². The van der Waals surface area contributed by atoms with Gasteiger partial charge in [-0.15, -0.1) is 0 Å². The Bertz CT molecular complexity index is 127. The van der Waals surface area contributed by atoms with Gasteiger partial charge < -0.3 is 5.11 Å². The highest BCUT2D eigenvalue weighted by Gasteiger charge is 2.24. The first-order valence-electron chi connectivity index (χ1n) is 5.07. The van der Waals surface area contributed by atoms with Gasteiger partial charge in [-0.3, -0.25) is 0 Å². The molecule has 1 N–H and O–H groups in total. The Balaban J connectivity index is 2.28. The summed E-state index contributed by atoms with van der Waals surface area (Å²) in [5.41, 5.74) is 0. The molecular weight excluding hydrogens is 168 g/mol. The Morgan fingerprint density at radius 3 is 2.67 bits per heavy atom. The lowest BCUT2D eigenvalue weighted by Crippen LogP contribution is -2.28. The first-order chi connectivity index (χ1) is 5.74. The van der Waals surface area contributed by atoms with E-state index in [4.69, 9.17) is 0 Å². The van der Waals surface area contributed by atoms with Crippen LogP contribution in [0.5, 0.6) is 0 Å². The molecule has 72 valence electrons. The van der Waals surface area contributed by atoms with Gasteiger partial charge in [-0.1, -0.05) is 26.7 Å². The van der Waals surface area contributed by atoms with E-state index < -0.39 is 0 Å². The zero-order chi connectivity index (χ0) is 8.97. The molecule has 0 saturated heterocycles. The third kappa shape index (κ3) is 2.98. The minimum Gasteiger partial charge on any atom is -0.392 e. The van der Waals surface area contributed by atoms with Crippen LogP contribution in [0.15, 0.2) is 0 Å². The largest absolute Gasteiger partial charge is 0.392 e. The van der Waals surface area contributed by atoms with Crippen molar-refractivity contribution in [2.24, 2.45) is 0 Å². The smallest absolute Gasteiger partial charge is 0.0658 e. The van der Waals surface area contributed by atoms with E-state index in [-0.39, 0.29) is 6.10 Å². The van der Waals surface area contributed by atoms with Crippen molar-refractivity contribution >= 4 is 11.8 Å². The molecule has 0 heterocycles. The second-order valence-electron chi connectivity index (χ2n) is 3.75. The average Bonchev–Trinajstić information content (AvgIpc) is 2.09. The van der Waals surface area contributed by atoms with Crippen LogP contribution < -0.4 is 0 Å². The summed E-state index contributed by atoms with van der Waals surface area (Å²) in [6, 6.07) is 0. The molecule has 0 bridgehead atoms. The highest BCUT2D eigenvalue weighted by molar-refractivity contribution is 8.00. The third-order valence-corrected chi connectivity index (χ3v) is 4.35. The zero-order valence-corrected chi connectivity index (χ0v) is 8.94. The van der Waals surface area contributed by atoms with Crippen LogP contribution in [-0.2, 0) is 0 Å². The Hall–Kier alpha value is 0.310. The van der Waals surface area contributed by atoms with Gasteiger partial charge in [0.1, 0.15) is 0 Å². The van der Waals surface area contributed by atoms with Gasteiger partial charge in [0.25, 0.3) is 0 Å². The summed E-state index contributed by atoms with van der Waals surface area (Å²) in [5, 5.41) is 10.9. The number of thioether (sulfide) groups is 1. The summed E-state index contributed by atoms with van der Waals surface area (Å²) in [5.74, 6) is 0. The molecule has 2 heteroatoms. The molecule has 1 rings (SSSR count). The van der Waals surface area contributed by atoms with E-state index in [2.05, 4.69) is 13.8 Å². The summed E-state index contributed by atoms with van der Waals surface area (Å²) in [4.78, 5) is 0. The minimum absolute atomic E-state index is 0.0299. The van der Waals surface area contributed by atoms with Gasteiger partial charge in [0.2, 0.25) is 0 Å². The molecule has 1 nitrogen and oxygen atoms in total. The molecule has 12 heavy (non-hydrogen) atoms. The van der Waals surface area contributed by atoms with E-state index in [9.17, 15) is 5.11 Å². The van der Waals surface area contributed by atoms with Crippen LogP contribution in [0.2, 0.25) is 0 Å². The Labute approximate surface area is 79.9 Å². The Morgan fingerprint density at radius 1 is 1.42 bits per heavy atom. The van der Waals surface area contributed by atoms with Gasteiger partial charge >= 0.3 is 0 Å². The van der Waals surface area contributed by atoms with Gasteiger partial charge in [-0.05, 0) is 19.3 Å². The molecule has 0 aromatic carbocycles. The summed E-state index contributed by atoms with van der Waals surface area (Å²) in [6.45, 7) is 4.47. The van der Waals surface area contributed by atoms with Crippen molar-refractivity contribution in [3.05, 3.63) is 0 Å². The van der Waals surface area contributed by atoms with Crippen LogP contribution in [0.3, 0.4) is 0 Å². The van der Waals surface area contributed by atoms with Crippen molar-refractivity contribution in [1.82, 2.24) is 0 Å². The molecule has 1 saturated carbocycles. The van der Waals surface area contributed by atoms with Crippen LogP contribution in [-0.4, -0.2) is 21.7 Å². The van der Waals surface area contributed by atoms with Crippen molar-refractivity contribution < 1.29 is 5.11 Å². The normalized spacial score (nSPS) is 33.2. The first kappa shape index (κ1) is 10.4. The monoisotopic (exact) mass is 188 g/mol. The molecule has 0 amide bonds. The lowest BCUT2D eigenvalue weighted by atomic mass is 9.97. The van der Waals surface area contributed by atoms with E-state index in [0.29, 0.717) is 10.5 Å². The lowest BCUT2D eigenvalue weighted by molar-refractivity contribution is 0.136. The number of rotatable bonds is 3. The summed E-state index contributed by atoms with van der Waals surface area (Å²) >= 11 is 1.98. The molecular formula is C10H20OS. The Morgan fingerprint density at radius 2 is 2.08 bits per heavy atom. The van der Waals surface area contributed by atoms with E-state index in [1.807, 2.05) is 11.8 Å². The second kappa shape index (κ2) is 5.13. The van der Waals surface area contributed by atoms with E-state index >= 15 is 0 Å². The zero-order valence-electron chi connectivity index (χ0n) is 8.12. The van der Waals surface area contributed by atoms with Crippen LogP contribution in [0.1, 0.15) is 46.0 Å². The van der Waals surface area contributed by atoms with Crippen molar-refractivity contribution in [3.8, 4) is 0 Å². The van der Waals surface area contributed by atoms with E-state index in [1.165, 1.54) is 25.7 Å². The summed E-state index contributed by atoms with van der Waals surface area (Å²) in [6.07, 6.45) is 5.96. The molecule has 0 aliphatic heterocycles. The molecule has 0 aromatic rings. The fourth-order valence-corrected chi connectivity index (χ4v) is 3.04. The standard InChI is InChI=1S/C10H20OS/c1-3-8(2)12-10-7-5-4-6-9(10)11/h8-11H,3-7H2,1-2H3. The quantitative estimate of drug-likeness (QED) is 0.735. The fraction of sp³-hybridized carbons (Fsp3) is 1.00. The van der Waals surface area contributed by atoms with Gasteiger partial charge in [0.05, 0.1) is 6.10 Å². The van der Waals surface area contributed by atoms with Crippen molar-refractivity contribution in [2.75, 3.05) is 0 Å². The van der Waals surface area contributed by atoms with Gasteiger partial charge in [-0.2, -0.15) is 11.8 Å². The molecule has 1 fully saturated rings. The first-order valence-corrected chi connectivity index (χ1v) is 6.01. The van der Waals surface area contributed by atoms with Crippen LogP contribution >= 0.6 is 11.8 Å². The molecule has 0 aromatic heterocycles. The molecule has 1 aliphatic carbocycles. The molecule has 1 aliphatic rings. The van der Waals surface area contributed by atoms with Gasteiger partial charge in [0.15, 0.2) is 0 Å². The summed E-state index contributed by atoms with van der Waals surface area (Å²) in [7, 11) is 0. The predicted octanol–water partition coefficient (Wildman–Crippen LogP) is 2.82. The maximum atomic E-state index is 9.69. The van der Waals surface area contributed by atoms with Crippen LogP contribution in [0.4, 0.5) is 0 Å². The van der Waals surface area contributed by atoms with Crippen LogP contribution in [0.25, 0.3) is 0 Å². The number of hydrogen-bond acceptors (Lipinski definition) is 2. The SMILES string of the molecule is CCC(C)SC1CCCCC1O. The average molecular weight is 188 g/mol. The minimum atomic E-state index is -0.0299. The maximum Gasteiger partial charge on any atom is 0.0658 e. The molecule has 0 spiro atoms. The fourth-order valence-electron chi connectivity index (χ4n) is 1.63. The number of aliphatic hydroxyl groups is 1. The maximum absolute atomic E-state index is 9.69. The highest BCUT2D eigenvalue weighted by atomic mass is 32.2. The topological polar surface area (TPSA) is 20.2 Å². The molecule has 3 unspecified atom stereocenters. The lowest BCUT2D eigenvalue weighted by Gasteiger charge is -2.28. The van der Waals surface area contributed by atoms with Gasteiger partial charge in [0, 0.05) is 10.5 Å². The highest BCUT2D eigenvalue weighted by Crippen LogP contribution is 2.32.